The Morgan fingerprint density at radius 2 is 1.48 bits per heavy atom. The molecule has 25 heavy (non-hydrogen) atoms. The maximum absolute atomic E-state index is 6.22. The van der Waals surface area contributed by atoms with E-state index in [2.05, 4.69) is 53.8 Å². The van der Waals surface area contributed by atoms with Crippen LogP contribution in [-0.2, 0) is 9.47 Å². The highest BCUT2D eigenvalue weighted by molar-refractivity contribution is 5.78. The molecule has 1 atom stereocenters. The number of hydrogen-bond acceptors (Lipinski definition) is 3. The Morgan fingerprint density at radius 1 is 0.840 bits per heavy atom. The van der Waals surface area contributed by atoms with Gasteiger partial charge in [-0.3, -0.25) is 0 Å². The zero-order valence-electron chi connectivity index (χ0n) is 14.5. The summed E-state index contributed by atoms with van der Waals surface area (Å²) in [6.07, 6.45) is 4.24. The summed E-state index contributed by atoms with van der Waals surface area (Å²) in [7, 11) is 0. The second-order valence-corrected chi connectivity index (χ2v) is 7.61. The average Bonchev–Trinajstić information content (AvgIpc) is 2.97. The molecular formula is C22H25NO2. The first-order valence-electron chi connectivity index (χ1n) is 9.51. The standard InChI is InChI=1S/C22H25NO2/c1-3-7-19-17(5-1)18-6-2-4-8-20(18)21(19)23-16-9-12-25-22(15-16)10-13-24-14-11-22/h1-8,16,21,23H,9-15H2/t16-/m1/s1. The van der Waals surface area contributed by atoms with Gasteiger partial charge in [-0.2, -0.15) is 0 Å². The summed E-state index contributed by atoms with van der Waals surface area (Å²) in [5, 5.41) is 3.98. The van der Waals surface area contributed by atoms with Crippen molar-refractivity contribution in [1.29, 1.82) is 0 Å². The van der Waals surface area contributed by atoms with E-state index in [1.807, 2.05) is 0 Å². The molecule has 2 fully saturated rings. The van der Waals surface area contributed by atoms with E-state index in [-0.39, 0.29) is 5.60 Å². The highest BCUT2D eigenvalue weighted by atomic mass is 16.5. The largest absolute Gasteiger partial charge is 0.381 e. The molecule has 0 unspecified atom stereocenters. The third-order valence-corrected chi connectivity index (χ3v) is 6.13. The Morgan fingerprint density at radius 3 is 2.16 bits per heavy atom. The fraction of sp³-hybridized carbons (Fsp3) is 0.455. The third kappa shape index (κ3) is 2.71. The van der Waals surface area contributed by atoms with E-state index in [0.29, 0.717) is 12.1 Å². The summed E-state index contributed by atoms with van der Waals surface area (Å²) in [6, 6.07) is 18.4. The Balaban J connectivity index is 1.42. The molecule has 2 saturated heterocycles. The van der Waals surface area contributed by atoms with Crippen molar-refractivity contribution < 1.29 is 9.47 Å². The first-order valence-corrected chi connectivity index (χ1v) is 9.51. The van der Waals surface area contributed by atoms with Crippen LogP contribution in [0.1, 0.15) is 42.9 Å². The molecule has 3 nitrogen and oxygen atoms in total. The molecule has 1 N–H and O–H groups in total. The Labute approximate surface area is 149 Å². The van der Waals surface area contributed by atoms with Crippen LogP contribution in [0.15, 0.2) is 48.5 Å². The van der Waals surface area contributed by atoms with Gasteiger partial charge in [0, 0.05) is 25.9 Å². The van der Waals surface area contributed by atoms with Crippen molar-refractivity contribution >= 4 is 0 Å². The number of nitrogens with one attached hydrogen (secondary N) is 1. The van der Waals surface area contributed by atoms with Crippen molar-refractivity contribution in [2.24, 2.45) is 0 Å². The summed E-state index contributed by atoms with van der Waals surface area (Å²) in [5.74, 6) is 0. The van der Waals surface area contributed by atoms with Gasteiger partial charge in [0.2, 0.25) is 0 Å². The highest BCUT2D eigenvalue weighted by Gasteiger charge is 2.40. The number of benzene rings is 2. The van der Waals surface area contributed by atoms with Gasteiger partial charge in [0.05, 0.1) is 11.6 Å². The first kappa shape index (κ1) is 15.6. The van der Waals surface area contributed by atoms with Crippen LogP contribution in [0, 0.1) is 0 Å². The zero-order valence-corrected chi connectivity index (χ0v) is 14.5. The van der Waals surface area contributed by atoms with Gasteiger partial charge < -0.3 is 14.8 Å². The number of rotatable bonds is 2. The molecule has 2 heterocycles. The van der Waals surface area contributed by atoms with Crippen molar-refractivity contribution in [2.75, 3.05) is 19.8 Å². The van der Waals surface area contributed by atoms with E-state index in [0.717, 1.165) is 45.5 Å². The lowest BCUT2D eigenvalue weighted by Gasteiger charge is -2.44. The third-order valence-electron chi connectivity index (χ3n) is 6.13. The van der Waals surface area contributed by atoms with Crippen LogP contribution in [-0.4, -0.2) is 31.5 Å². The minimum Gasteiger partial charge on any atom is -0.381 e. The monoisotopic (exact) mass is 335 g/mol. The lowest BCUT2D eigenvalue weighted by atomic mass is 9.83. The Hall–Kier alpha value is -1.68. The van der Waals surface area contributed by atoms with E-state index in [1.54, 1.807) is 0 Å². The molecule has 2 aliphatic heterocycles. The van der Waals surface area contributed by atoms with E-state index < -0.39 is 0 Å². The molecule has 1 aliphatic carbocycles. The maximum atomic E-state index is 6.22. The molecule has 5 rings (SSSR count). The fourth-order valence-corrected chi connectivity index (χ4v) is 4.83. The molecule has 0 bridgehead atoms. The van der Waals surface area contributed by atoms with Crippen LogP contribution in [0.25, 0.3) is 11.1 Å². The molecule has 2 aromatic carbocycles. The molecule has 2 aromatic rings. The Kier molecular flexibility index (Phi) is 3.89. The summed E-state index contributed by atoms with van der Waals surface area (Å²) >= 11 is 0. The van der Waals surface area contributed by atoms with Gasteiger partial charge in [0.1, 0.15) is 0 Å². The summed E-state index contributed by atoms with van der Waals surface area (Å²) in [4.78, 5) is 0. The average molecular weight is 335 g/mol. The SMILES string of the molecule is c1ccc2c(c1)-c1ccccc1C2N[C@@H]1CCOC2(CCOCC2)C1. The first-order chi connectivity index (χ1) is 12.3. The predicted octanol–water partition coefficient (Wildman–Crippen LogP) is 4.07. The van der Waals surface area contributed by atoms with Gasteiger partial charge >= 0.3 is 0 Å². The molecule has 0 saturated carbocycles. The molecule has 0 amide bonds. The van der Waals surface area contributed by atoms with Gasteiger partial charge in [0.15, 0.2) is 0 Å². The van der Waals surface area contributed by atoms with Gasteiger partial charge in [-0.25, -0.2) is 0 Å². The predicted molar refractivity (Wildman–Crippen MR) is 98.6 cm³/mol. The maximum Gasteiger partial charge on any atom is 0.0741 e. The van der Waals surface area contributed by atoms with Gasteiger partial charge in [-0.05, 0) is 47.9 Å². The number of fused-ring (bicyclic) bond motifs is 3. The topological polar surface area (TPSA) is 30.5 Å². The van der Waals surface area contributed by atoms with Crippen molar-refractivity contribution in [3.63, 3.8) is 0 Å². The van der Waals surface area contributed by atoms with Crippen molar-refractivity contribution in [1.82, 2.24) is 5.32 Å². The smallest absolute Gasteiger partial charge is 0.0741 e. The zero-order chi connectivity index (χ0) is 16.7. The molecule has 1 spiro atoms. The quantitative estimate of drug-likeness (QED) is 0.897. The highest BCUT2D eigenvalue weighted by Crippen LogP contribution is 2.44. The van der Waals surface area contributed by atoms with Crippen LogP contribution in [0.5, 0.6) is 0 Å². The molecule has 130 valence electrons. The van der Waals surface area contributed by atoms with Crippen molar-refractivity contribution in [2.45, 2.75) is 43.4 Å². The second-order valence-electron chi connectivity index (χ2n) is 7.61. The summed E-state index contributed by atoms with van der Waals surface area (Å²) < 4.78 is 11.8. The lowest BCUT2D eigenvalue weighted by Crippen LogP contribution is -2.50. The van der Waals surface area contributed by atoms with Gasteiger partial charge in [-0.15, -0.1) is 0 Å². The van der Waals surface area contributed by atoms with Gasteiger partial charge in [0.25, 0.3) is 0 Å². The van der Waals surface area contributed by atoms with E-state index in [9.17, 15) is 0 Å². The minimum absolute atomic E-state index is 0.0335. The lowest BCUT2D eigenvalue weighted by molar-refractivity contribution is -0.140. The van der Waals surface area contributed by atoms with Crippen LogP contribution in [0.3, 0.4) is 0 Å². The number of ether oxygens (including phenoxy) is 2. The molecule has 3 aliphatic rings. The minimum atomic E-state index is 0.0335. The fourth-order valence-electron chi connectivity index (χ4n) is 4.83. The Bertz CT molecular complexity index is 715. The second kappa shape index (κ2) is 6.24. The number of hydrogen-bond donors (Lipinski definition) is 1. The van der Waals surface area contributed by atoms with Crippen molar-refractivity contribution in [3.8, 4) is 11.1 Å². The van der Waals surface area contributed by atoms with Gasteiger partial charge in [-0.1, -0.05) is 48.5 Å². The molecular weight excluding hydrogens is 310 g/mol. The molecule has 0 aromatic heterocycles. The van der Waals surface area contributed by atoms with Crippen LogP contribution in [0.4, 0.5) is 0 Å². The van der Waals surface area contributed by atoms with E-state index in [1.165, 1.54) is 22.3 Å². The summed E-state index contributed by atoms with van der Waals surface area (Å²) in [6.45, 7) is 2.53. The molecule has 0 radical (unpaired) electrons. The van der Waals surface area contributed by atoms with Crippen LogP contribution >= 0.6 is 0 Å². The van der Waals surface area contributed by atoms with Crippen LogP contribution in [0.2, 0.25) is 0 Å². The normalized spacial score (nSPS) is 24.9. The molecule has 3 heteroatoms. The van der Waals surface area contributed by atoms with Crippen molar-refractivity contribution in [3.05, 3.63) is 59.7 Å². The summed E-state index contributed by atoms with van der Waals surface area (Å²) in [5.41, 5.74) is 5.62. The van der Waals surface area contributed by atoms with Crippen LogP contribution < -0.4 is 5.32 Å². The van der Waals surface area contributed by atoms with E-state index in [4.69, 9.17) is 9.47 Å². The van der Waals surface area contributed by atoms with E-state index >= 15 is 0 Å².